The molecule has 3 heteroatoms. The first kappa shape index (κ1) is 13.3. The number of nitrogens with one attached hydrogen (secondary N) is 1. The van der Waals surface area contributed by atoms with Gasteiger partial charge in [0.15, 0.2) is 12.4 Å². The van der Waals surface area contributed by atoms with Gasteiger partial charge in [0.25, 0.3) is 5.91 Å². The second kappa shape index (κ2) is 6.14. The lowest BCUT2D eigenvalue weighted by atomic mass is 10.2. The van der Waals surface area contributed by atoms with Crippen molar-refractivity contribution in [2.75, 3.05) is 5.32 Å². The largest absolute Gasteiger partial charge is 0.321 e. The highest BCUT2D eigenvalue weighted by atomic mass is 16.1. The molecule has 2 aromatic rings. The van der Waals surface area contributed by atoms with Gasteiger partial charge in [0.2, 0.25) is 6.54 Å². The SMILES string of the molecule is CCc1cc[n+](CC(=O)Nc2ccc(C)cc2)cc1. The standard InChI is InChI=1S/C16H18N2O/c1-3-14-8-10-18(11-9-14)12-16(19)17-15-6-4-13(2)5-7-15/h4-11H,3,12H2,1-2H3/p+1. The summed E-state index contributed by atoms with van der Waals surface area (Å²) < 4.78 is 1.88. The van der Waals surface area contributed by atoms with Gasteiger partial charge in [0.05, 0.1) is 0 Å². The molecule has 0 radical (unpaired) electrons. The molecule has 1 heterocycles. The van der Waals surface area contributed by atoms with E-state index in [2.05, 4.69) is 12.2 Å². The van der Waals surface area contributed by atoms with Crippen LogP contribution in [-0.2, 0) is 17.8 Å². The summed E-state index contributed by atoms with van der Waals surface area (Å²) in [4.78, 5) is 11.9. The van der Waals surface area contributed by atoms with Gasteiger partial charge in [-0.2, -0.15) is 4.57 Å². The number of rotatable bonds is 4. The summed E-state index contributed by atoms with van der Waals surface area (Å²) in [7, 11) is 0. The fourth-order valence-electron chi connectivity index (χ4n) is 1.83. The lowest BCUT2D eigenvalue weighted by molar-refractivity contribution is -0.684. The van der Waals surface area contributed by atoms with Crippen LogP contribution in [0, 0.1) is 6.92 Å². The molecule has 0 atom stereocenters. The van der Waals surface area contributed by atoms with Gasteiger partial charge < -0.3 is 5.32 Å². The van der Waals surface area contributed by atoms with E-state index in [4.69, 9.17) is 0 Å². The Morgan fingerprint density at radius 3 is 2.32 bits per heavy atom. The van der Waals surface area contributed by atoms with E-state index in [9.17, 15) is 4.79 Å². The normalized spacial score (nSPS) is 10.2. The maximum atomic E-state index is 11.9. The number of aromatic nitrogens is 1. The summed E-state index contributed by atoms with van der Waals surface area (Å²) in [6.45, 7) is 4.47. The number of aryl methyl sites for hydroxylation is 2. The number of carbonyl (C=O) groups excluding carboxylic acids is 1. The number of carbonyl (C=O) groups is 1. The summed E-state index contributed by atoms with van der Waals surface area (Å²) in [5.41, 5.74) is 3.29. The Balaban J connectivity index is 1.95. The zero-order chi connectivity index (χ0) is 13.7. The molecular formula is C16H19N2O+. The summed E-state index contributed by atoms with van der Waals surface area (Å²) >= 11 is 0. The van der Waals surface area contributed by atoms with Crippen LogP contribution in [0.3, 0.4) is 0 Å². The highest BCUT2D eigenvalue weighted by molar-refractivity contribution is 5.89. The molecule has 0 unspecified atom stereocenters. The van der Waals surface area contributed by atoms with E-state index in [1.807, 2.05) is 60.3 Å². The Morgan fingerprint density at radius 1 is 1.11 bits per heavy atom. The quantitative estimate of drug-likeness (QED) is 0.837. The predicted molar refractivity (Wildman–Crippen MR) is 75.8 cm³/mol. The van der Waals surface area contributed by atoms with E-state index in [1.165, 1.54) is 11.1 Å². The molecule has 2 rings (SSSR count). The lowest BCUT2D eigenvalue weighted by Gasteiger charge is -2.03. The lowest BCUT2D eigenvalue weighted by Crippen LogP contribution is -2.39. The molecule has 0 fully saturated rings. The number of hydrogen-bond acceptors (Lipinski definition) is 1. The summed E-state index contributed by atoms with van der Waals surface area (Å²) in [5.74, 6) is -0.0156. The van der Waals surface area contributed by atoms with Crippen LogP contribution < -0.4 is 9.88 Å². The second-order valence-corrected chi connectivity index (χ2v) is 4.65. The van der Waals surface area contributed by atoms with Crippen LogP contribution in [-0.4, -0.2) is 5.91 Å². The third-order valence-electron chi connectivity index (χ3n) is 3.03. The molecule has 0 saturated carbocycles. The van der Waals surface area contributed by atoms with Crippen LogP contribution in [0.25, 0.3) is 0 Å². The molecule has 0 spiro atoms. The van der Waals surface area contributed by atoms with Crippen molar-refractivity contribution in [2.24, 2.45) is 0 Å². The maximum Gasteiger partial charge on any atom is 0.290 e. The number of hydrogen-bond donors (Lipinski definition) is 1. The number of anilines is 1. The van der Waals surface area contributed by atoms with Gasteiger partial charge >= 0.3 is 0 Å². The first-order valence-electron chi connectivity index (χ1n) is 6.52. The number of amides is 1. The third kappa shape index (κ3) is 3.91. The Morgan fingerprint density at radius 2 is 1.74 bits per heavy atom. The molecular weight excluding hydrogens is 236 g/mol. The maximum absolute atomic E-state index is 11.9. The van der Waals surface area contributed by atoms with Crippen molar-refractivity contribution in [2.45, 2.75) is 26.8 Å². The van der Waals surface area contributed by atoms with E-state index in [0.29, 0.717) is 6.54 Å². The Bertz CT molecular complexity index is 544. The van der Waals surface area contributed by atoms with Crippen molar-refractivity contribution >= 4 is 11.6 Å². The van der Waals surface area contributed by atoms with Gasteiger partial charge in [-0.25, -0.2) is 0 Å². The number of nitrogens with zero attached hydrogens (tertiary/aromatic N) is 1. The zero-order valence-electron chi connectivity index (χ0n) is 11.4. The van der Waals surface area contributed by atoms with E-state index < -0.39 is 0 Å². The van der Waals surface area contributed by atoms with Gasteiger partial charge in [0.1, 0.15) is 0 Å². The smallest absolute Gasteiger partial charge is 0.290 e. The molecule has 0 saturated heterocycles. The fraction of sp³-hybridized carbons (Fsp3) is 0.250. The van der Waals surface area contributed by atoms with Crippen molar-refractivity contribution in [3.63, 3.8) is 0 Å². The molecule has 1 N–H and O–H groups in total. The van der Waals surface area contributed by atoms with Crippen LogP contribution >= 0.6 is 0 Å². The summed E-state index contributed by atoms with van der Waals surface area (Å²) in [5, 5.41) is 2.89. The van der Waals surface area contributed by atoms with Crippen LogP contribution in [0.4, 0.5) is 5.69 Å². The van der Waals surface area contributed by atoms with Crippen LogP contribution in [0.2, 0.25) is 0 Å². The number of benzene rings is 1. The summed E-state index contributed by atoms with van der Waals surface area (Å²) in [6.07, 6.45) is 4.89. The molecule has 3 nitrogen and oxygen atoms in total. The predicted octanol–water partition coefficient (Wildman–Crippen LogP) is 2.48. The Kier molecular flexibility index (Phi) is 4.29. The minimum Gasteiger partial charge on any atom is -0.321 e. The minimum atomic E-state index is -0.0156. The molecule has 1 amide bonds. The Labute approximate surface area is 113 Å². The Hall–Kier alpha value is -2.16. The van der Waals surface area contributed by atoms with Crippen molar-refractivity contribution in [1.82, 2.24) is 0 Å². The van der Waals surface area contributed by atoms with Gasteiger partial charge in [-0.3, -0.25) is 4.79 Å². The van der Waals surface area contributed by atoms with Crippen LogP contribution in [0.1, 0.15) is 18.1 Å². The summed E-state index contributed by atoms with van der Waals surface area (Å²) in [6, 6.07) is 11.9. The molecule has 1 aromatic carbocycles. The minimum absolute atomic E-state index is 0.0156. The van der Waals surface area contributed by atoms with E-state index >= 15 is 0 Å². The highest BCUT2D eigenvalue weighted by Gasteiger charge is 2.09. The molecule has 98 valence electrons. The molecule has 0 aliphatic carbocycles. The van der Waals surface area contributed by atoms with Gasteiger partial charge in [-0.15, -0.1) is 0 Å². The van der Waals surface area contributed by atoms with Gasteiger partial charge in [-0.05, 0) is 31.0 Å². The first-order valence-corrected chi connectivity index (χ1v) is 6.52. The molecule has 0 aliphatic heterocycles. The highest BCUT2D eigenvalue weighted by Crippen LogP contribution is 2.08. The second-order valence-electron chi connectivity index (χ2n) is 4.65. The van der Waals surface area contributed by atoms with E-state index in [-0.39, 0.29) is 5.91 Å². The first-order chi connectivity index (χ1) is 9.17. The fourth-order valence-corrected chi connectivity index (χ4v) is 1.83. The van der Waals surface area contributed by atoms with E-state index in [0.717, 1.165) is 12.1 Å². The molecule has 19 heavy (non-hydrogen) atoms. The molecule has 0 aliphatic rings. The topological polar surface area (TPSA) is 33.0 Å². The van der Waals surface area contributed by atoms with Crippen LogP contribution in [0.5, 0.6) is 0 Å². The van der Waals surface area contributed by atoms with Gasteiger partial charge in [-0.1, -0.05) is 24.6 Å². The third-order valence-corrected chi connectivity index (χ3v) is 3.03. The molecule has 0 bridgehead atoms. The van der Waals surface area contributed by atoms with Crippen molar-refractivity contribution < 1.29 is 9.36 Å². The van der Waals surface area contributed by atoms with Crippen molar-refractivity contribution in [1.29, 1.82) is 0 Å². The van der Waals surface area contributed by atoms with Gasteiger partial charge in [0, 0.05) is 17.8 Å². The van der Waals surface area contributed by atoms with Crippen molar-refractivity contribution in [3.8, 4) is 0 Å². The van der Waals surface area contributed by atoms with Crippen LogP contribution in [0.15, 0.2) is 48.8 Å². The van der Waals surface area contributed by atoms with Crippen molar-refractivity contribution in [3.05, 3.63) is 59.9 Å². The molecule has 1 aromatic heterocycles. The average Bonchev–Trinajstić information content (AvgIpc) is 2.42. The zero-order valence-corrected chi connectivity index (χ0v) is 11.4. The monoisotopic (exact) mass is 255 g/mol. The average molecular weight is 255 g/mol. The number of pyridine rings is 1. The van der Waals surface area contributed by atoms with E-state index in [1.54, 1.807) is 0 Å².